The molecule has 0 radical (unpaired) electrons. The molecule has 2 aromatic heterocycles. The molecule has 0 saturated carbocycles. The van der Waals surface area contributed by atoms with Gasteiger partial charge in [0.1, 0.15) is 5.82 Å². The fourth-order valence-electron chi connectivity index (χ4n) is 2.74. The minimum Gasteiger partial charge on any atom is -0.339 e. The SMILES string of the molecule is O=C(CN1CC(c2nc(-c3ccsc3)no2)C1)Nc1ccc(F)c(Cl)c1. The highest BCUT2D eigenvalue weighted by Crippen LogP contribution is 2.28. The summed E-state index contributed by atoms with van der Waals surface area (Å²) in [6, 6.07) is 6.03. The number of rotatable bonds is 5. The largest absolute Gasteiger partial charge is 0.339 e. The second-order valence-corrected chi connectivity index (χ2v) is 7.22. The lowest BCUT2D eigenvalue weighted by atomic mass is 10.0. The molecule has 0 bridgehead atoms. The first-order valence-corrected chi connectivity index (χ1v) is 9.24. The van der Waals surface area contributed by atoms with Crippen molar-refractivity contribution < 1.29 is 13.7 Å². The van der Waals surface area contributed by atoms with Crippen molar-refractivity contribution in [3.63, 3.8) is 0 Å². The number of hydrogen-bond acceptors (Lipinski definition) is 6. The molecule has 134 valence electrons. The fourth-order valence-corrected chi connectivity index (χ4v) is 3.56. The molecular weight excluding hydrogens is 379 g/mol. The van der Waals surface area contributed by atoms with Crippen molar-refractivity contribution in [2.75, 3.05) is 25.0 Å². The highest BCUT2D eigenvalue weighted by Gasteiger charge is 2.33. The van der Waals surface area contributed by atoms with E-state index < -0.39 is 5.82 Å². The van der Waals surface area contributed by atoms with Crippen LogP contribution in [0.15, 0.2) is 39.5 Å². The summed E-state index contributed by atoms with van der Waals surface area (Å²) in [6.45, 7) is 1.57. The molecule has 1 N–H and O–H groups in total. The smallest absolute Gasteiger partial charge is 0.238 e. The predicted octanol–water partition coefficient (Wildman–Crippen LogP) is 3.63. The van der Waals surface area contributed by atoms with Crippen LogP contribution in [-0.2, 0) is 4.79 Å². The molecular formula is C17H14ClFN4O2S. The summed E-state index contributed by atoms with van der Waals surface area (Å²) in [6.07, 6.45) is 0. The van der Waals surface area contributed by atoms with Crippen LogP contribution in [0.1, 0.15) is 11.8 Å². The van der Waals surface area contributed by atoms with E-state index in [1.54, 1.807) is 11.3 Å². The number of nitrogens with one attached hydrogen (secondary N) is 1. The number of anilines is 1. The van der Waals surface area contributed by atoms with Crippen molar-refractivity contribution in [2.45, 2.75) is 5.92 Å². The summed E-state index contributed by atoms with van der Waals surface area (Å²) in [5.41, 5.74) is 1.41. The van der Waals surface area contributed by atoms with Gasteiger partial charge >= 0.3 is 0 Å². The second kappa shape index (κ2) is 7.14. The van der Waals surface area contributed by atoms with Crippen molar-refractivity contribution in [3.05, 3.63) is 51.8 Å². The molecule has 9 heteroatoms. The molecule has 1 saturated heterocycles. The Kier molecular flexibility index (Phi) is 4.71. The Morgan fingerprint density at radius 1 is 1.42 bits per heavy atom. The molecule has 1 aromatic carbocycles. The topological polar surface area (TPSA) is 71.3 Å². The van der Waals surface area contributed by atoms with E-state index in [-0.39, 0.29) is 23.4 Å². The molecule has 0 aliphatic carbocycles. The Bertz CT molecular complexity index is 925. The van der Waals surface area contributed by atoms with E-state index in [2.05, 4.69) is 15.5 Å². The summed E-state index contributed by atoms with van der Waals surface area (Å²) in [5.74, 6) is 0.606. The summed E-state index contributed by atoms with van der Waals surface area (Å²) < 4.78 is 18.5. The van der Waals surface area contributed by atoms with Gasteiger partial charge in [0.25, 0.3) is 0 Å². The summed E-state index contributed by atoms with van der Waals surface area (Å²) in [4.78, 5) is 18.5. The van der Waals surface area contributed by atoms with Crippen LogP contribution in [0.25, 0.3) is 11.4 Å². The average molecular weight is 393 g/mol. The molecule has 0 atom stereocenters. The van der Waals surface area contributed by atoms with Gasteiger partial charge in [0, 0.05) is 29.7 Å². The normalized spacial score (nSPS) is 15.0. The number of amides is 1. The molecule has 3 aromatic rings. The number of carbonyl (C=O) groups is 1. The molecule has 4 rings (SSSR count). The molecule has 1 amide bonds. The van der Waals surface area contributed by atoms with Gasteiger partial charge in [-0.2, -0.15) is 16.3 Å². The molecule has 3 heterocycles. The van der Waals surface area contributed by atoms with E-state index in [4.69, 9.17) is 16.1 Å². The van der Waals surface area contributed by atoms with Gasteiger partial charge in [0.05, 0.1) is 17.5 Å². The number of thiophene rings is 1. The number of aromatic nitrogens is 2. The van der Waals surface area contributed by atoms with Crippen LogP contribution in [0.3, 0.4) is 0 Å². The van der Waals surface area contributed by atoms with Crippen molar-refractivity contribution in [3.8, 4) is 11.4 Å². The van der Waals surface area contributed by atoms with E-state index in [9.17, 15) is 9.18 Å². The Hall–Kier alpha value is -2.29. The third kappa shape index (κ3) is 3.62. The molecule has 6 nitrogen and oxygen atoms in total. The first-order chi connectivity index (χ1) is 12.6. The molecule has 0 unspecified atom stereocenters. The maximum absolute atomic E-state index is 13.1. The van der Waals surface area contributed by atoms with E-state index in [0.717, 1.165) is 5.56 Å². The second-order valence-electron chi connectivity index (χ2n) is 6.04. The highest BCUT2D eigenvalue weighted by atomic mass is 35.5. The van der Waals surface area contributed by atoms with Gasteiger partial charge in [-0.3, -0.25) is 9.69 Å². The Balaban J connectivity index is 1.28. The van der Waals surface area contributed by atoms with Crippen LogP contribution < -0.4 is 5.32 Å². The maximum Gasteiger partial charge on any atom is 0.238 e. The van der Waals surface area contributed by atoms with Gasteiger partial charge in [0.2, 0.25) is 17.6 Å². The van der Waals surface area contributed by atoms with Crippen LogP contribution in [0.4, 0.5) is 10.1 Å². The lowest BCUT2D eigenvalue weighted by Gasteiger charge is -2.36. The maximum atomic E-state index is 13.1. The van der Waals surface area contributed by atoms with Gasteiger partial charge in [-0.25, -0.2) is 4.39 Å². The van der Waals surface area contributed by atoms with E-state index >= 15 is 0 Å². The Labute approximate surface area is 157 Å². The zero-order valence-corrected chi connectivity index (χ0v) is 15.1. The van der Waals surface area contributed by atoms with Crippen LogP contribution >= 0.6 is 22.9 Å². The monoisotopic (exact) mass is 392 g/mol. The summed E-state index contributed by atoms with van der Waals surface area (Å²) >= 11 is 7.29. The standard InChI is InChI=1S/C17H14ClFN4O2S/c18-13-5-12(1-2-14(13)19)20-15(24)8-23-6-11(7-23)17-21-16(22-25-17)10-3-4-26-9-10/h1-5,9,11H,6-8H2,(H,20,24). The van der Waals surface area contributed by atoms with Gasteiger partial charge in [-0.1, -0.05) is 16.8 Å². The van der Waals surface area contributed by atoms with Gasteiger partial charge in [-0.15, -0.1) is 0 Å². The lowest BCUT2D eigenvalue weighted by molar-refractivity contribution is -0.118. The molecule has 1 aliphatic heterocycles. The zero-order chi connectivity index (χ0) is 18.1. The zero-order valence-electron chi connectivity index (χ0n) is 13.5. The highest BCUT2D eigenvalue weighted by molar-refractivity contribution is 7.08. The predicted molar refractivity (Wildman–Crippen MR) is 96.8 cm³/mol. The molecule has 0 spiro atoms. The lowest BCUT2D eigenvalue weighted by Crippen LogP contribution is -2.48. The van der Waals surface area contributed by atoms with Gasteiger partial charge < -0.3 is 9.84 Å². The number of hydrogen-bond donors (Lipinski definition) is 1. The van der Waals surface area contributed by atoms with Crippen molar-refractivity contribution >= 4 is 34.5 Å². The van der Waals surface area contributed by atoms with Crippen molar-refractivity contribution in [1.29, 1.82) is 0 Å². The van der Waals surface area contributed by atoms with Crippen LogP contribution in [0, 0.1) is 5.82 Å². The van der Waals surface area contributed by atoms with E-state index in [0.29, 0.717) is 30.5 Å². The van der Waals surface area contributed by atoms with Crippen LogP contribution in [0.5, 0.6) is 0 Å². The molecule has 1 aliphatic rings. The number of benzene rings is 1. The van der Waals surface area contributed by atoms with Crippen molar-refractivity contribution in [2.24, 2.45) is 0 Å². The number of carbonyl (C=O) groups excluding carboxylic acids is 1. The van der Waals surface area contributed by atoms with Crippen molar-refractivity contribution in [1.82, 2.24) is 15.0 Å². The minimum absolute atomic E-state index is 0.0235. The number of halogens is 2. The Morgan fingerprint density at radius 2 is 2.27 bits per heavy atom. The van der Waals surface area contributed by atoms with E-state index in [1.165, 1.54) is 18.2 Å². The average Bonchev–Trinajstić information content (AvgIpc) is 3.24. The number of likely N-dealkylation sites (tertiary alicyclic amines) is 1. The fraction of sp³-hybridized carbons (Fsp3) is 0.235. The van der Waals surface area contributed by atoms with Gasteiger partial charge in [-0.05, 0) is 29.6 Å². The van der Waals surface area contributed by atoms with Crippen LogP contribution in [-0.4, -0.2) is 40.6 Å². The summed E-state index contributed by atoms with van der Waals surface area (Å²) in [7, 11) is 0. The first kappa shape index (κ1) is 17.1. The first-order valence-electron chi connectivity index (χ1n) is 7.92. The third-order valence-electron chi connectivity index (χ3n) is 4.10. The third-order valence-corrected chi connectivity index (χ3v) is 5.07. The molecule has 26 heavy (non-hydrogen) atoms. The quantitative estimate of drug-likeness (QED) is 0.718. The number of nitrogens with zero attached hydrogens (tertiary/aromatic N) is 3. The Morgan fingerprint density at radius 3 is 3.00 bits per heavy atom. The van der Waals surface area contributed by atoms with Crippen LogP contribution in [0.2, 0.25) is 5.02 Å². The molecule has 1 fully saturated rings. The van der Waals surface area contributed by atoms with Gasteiger partial charge in [0.15, 0.2) is 0 Å². The van der Waals surface area contributed by atoms with E-state index in [1.807, 2.05) is 21.7 Å². The minimum atomic E-state index is -0.517. The summed E-state index contributed by atoms with van der Waals surface area (Å²) in [5, 5.41) is 10.6.